The predicted octanol–water partition coefficient (Wildman–Crippen LogP) is 2.84. The van der Waals surface area contributed by atoms with Gasteiger partial charge < -0.3 is 113 Å². The number of halogens is 3. The van der Waals surface area contributed by atoms with Crippen LogP contribution in [0.1, 0.15) is 106 Å². The maximum Gasteiger partial charge on any atom is 0.416 e. The topological polar surface area (TPSA) is 372 Å². The summed E-state index contributed by atoms with van der Waals surface area (Å²) < 4.78 is 113. The Labute approximate surface area is 520 Å². The number of benzene rings is 3. The molecule has 6 aliphatic rings. The number of aliphatic hydroxyl groups excluding tert-OH is 6. The van der Waals surface area contributed by atoms with Gasteiger partial charge in [0, 0.05) is 74.2 Å². The molecule has 504 valence electrons. The molecule has 0 unspecified atom stereocenters. The van der Waals surface area contributed by atoms with E-state index in [9.17, 15) is 68.7 Å². The number of methoxy groups -OCH3 is 2. The maximum atomic E-state index is 15.5. The highest BCUT2D eigenvalue weighted by atomic mass is 19.4. The van der Waals surface area contributed by atoms with Crippen LogP contribution in [0.5, 0.6) is 17.2 Å². The number of rotatable bonds is 17. The zero-order valence-electron chi connectivity index (χ0n) is 51.5. The number of alkyl halides is 3. The number of H-pyrrole nitrogens is 1. The number of aliphatic hydroxyl groups is 7. The highest BCUT2D eigenvalue weighted by Crippen LogP contribution is 2.48. The first kappa shape index (κ1) is 68.4. The first-order valence-corrected chi connectivity index (χ1v) is 30.4. The van der Waals surface area contributed by atoms with Crippen molar-refractivity contribution >= 4 is 39.3 Å². The number of carbonyl (C=O) groups excluding carboxylic acids is 3. The monoisotopic (exact) mass is 1290 g/mol. The molecule has 29 heteroatoms. The molecule has 0 saturated carbocycles. The normalized spacial score (nSPS) is 37.2. The molecule has 26 nitrogen and oxygen atoms in total. The molecule has 5 aliphatic heterocycles. The van der Waals surface area contributed by atoms with Gasteiger partial charge in [0.05, 0.1) is 84.2 Å². The fourth-order valence-electron chi connectivity index (χ4n) is 13.3. The molecule has 3 aromatic carbocycles. The Bertz CT molecular complexity index is 3260. The molecular weight excluding hydrogens is 1210 g/mol. The van der Waals surface area contributed by atoms with Crippen molar-refractivity contribution in [3.05, 3.63) is 64.3 Å². The molecule has 1 aliphatic carbocycles. The quantitative estimate of drug-likeness (QED) is 0.0677. The molecule has 0 bridgehead atoms. The van der Waals surface area contributed by atoms with Gasteiger partial charge >= 0.3 is 12.1 Å². The van der Waals surface area contributed by atoms with Crippen molar-refractivity contribution in [1.82, 2.24) is 10.3 Å². The van der Waals surface area contributed by atoms with Gasteiger partial charge in [0.2, 0.25) is 12.2 Å². The van der Waals surface area contributed by atoms with Crippen molar-refractivity contribution in [2.75, 3.05) is 14.2 Å². The molecule has 1 aromatic heterocycles. The minimum absolute atomic E-state index is 0.0503. The Morgan fingerprint density at radius 1 is 0.736 bits per heavy atom. The second kappa shape index (κ2) is 27.1. The number of hydrogen-bond donors (Lipinski definition) is 11. The summed E-state index contributed by atoms with van der Waals surface area (Å²) in [5, 5.41) is 103. The highest BCUT2D eigenvalue weighted by molar-refractivity contribution is 6.11. The van der Waals surface area contributed by atoms with Crippen LogP contribution >= 0.6 is 0 Å². The number of phenolic OH excluding ortho intramolecular Hbond substituents is 2. The molecular formula is C62H81F3N2O24. The minimum Gasteiger partial charge on any atom is -0.507 e. The zero-order chi connectivity index (χ0) is 66.0. The largest absolute Gasteiger partial charge is 0.507 e. The van der Waals surface area contributed by atoms with Crippen molar-refractivity contribution in [1.29, 1.82) is 0 Å². The number of nitrogens with one attached hydrogen (secondary N) is 2. The number of aromatic hydroxyl groups is 2. The lowest BCUT2D eigenvalue weighted by Gasteiger charge is -2.46. The molecule has 0 radical (unpaired) electrons. The lowest BCUT2D eigenvalue weighted by molar-refractivity contribution is -0.334. The van der Waals surface area contributed by atoms with E-state index < -0.39 is 188 Å². The van der Waals surface area contributed by atoms with E-state index in [1.807, 2.05) is 0 Å². The van der Waals surface area contributed by atoms with Gasteiger partial charge in [0.15, 0.2) is 30.9 Å². The second-order valence-corrected chi connectivity index (χ2v) is 25.0. The minimum atomic E-state index is -4.65. The van der Waals surface area contributed by atoms with Crippen molar-refractivity contribution in [3.8, 4) is 17.2 Å². The van der Waals surface area contributed by atoms with Gasteiger partial charge in [-0.25, -0.2) is 4.79 Å². The molecule has 10 rings (SSSR count). The number of ketones is 1. The standard InChI is InChI=1S/C62H81F3N2O24/c1-23-38(87-43-18-39(51(71)25(3)83-43)88-42-17-37(68)50(70)24(2)82-42)15-30-12-29-13-34(57(80-8)59(77)67-36(60(78)81-9)14-31-22-66-35-16-32(62(63,64)65)10-11-33(31)35)56(55(75)48(29)54(74)47(30)49(23)69)91-45-20-40(52(72)27(5)85-45)89-44-19-41(53(73)26(4)84-44)90-46-21-61(7,79)58(76)28(6)86-46/h10-12,15-16,22,24-28,34,36-37,39-46,50-53,56-58,66,68-74,76,79H,13-14,17-21H2,1-9H3,(H,67,77)/t24-,25-,26-,27-,28-,34-,36+,37-,39-,40-,41-,42+,43+,44+,45+,46+,50-,51-,52-,53+,56+,57+,58-,61+/m1/s1. The summed E-state index contributed by atoms with van der Waals surface area (Å²) in [5.74, 6) is -5.33. The van der Waals surface area contributed by atoms with Crippen LogP contribution in [0.4, 0.5) is 13.2 Å². The SMILES string of the molecule is COC(=O)[C@H](Cc1c[nH]c2cc(C(F)(F)F)ccc12)NC(=O)[C@@H](OC)[C@@H]1Cc2cc3cc(O[C@H]4C[C@@H](O[C@H]5C[C@@H](O)[C@H](O)[C@@H](C)O5)[C@H](O)[C@@H](C)O4)c(C)c(O)c3c(O)c2C(=O)[C@H]1O[C@H]1C[C@@H](O[C@H]2C[C@@H](O[C@H]3C[C@](C)(O)[C@H](O)[C@@H](C)O3)[C@@H](O)[C@@H](C)O2)[C@H](O)[C@@H](C)O1. The number of esters is 1. The van der Waals surface area contributed by atoms with Crippen LogP contribution in [0.25, 0.3) is 21.7 Å². The van der Waals surface area contributed by atoms with Gasteiger partial charge in [0.1, 0.15) is 66.0 Å². The van der Waals surface area contributed by atoms with Crippen LogP contribution in [-0.2, 0) is 80.7 Å². The summed E-state index contributed by atoms with van der Waals surface area (Å²) in [6.07, 6.45) is -28.6. The number of hydrogen-bond acceptors (Lipinski definition) is 24. The molecule has 91 heavy (non-hydrogen) atoms. The van der Waals surface area contributed by atoms with Crippen LogP contribution in [0.3, 0.4) is 0 Å². The van der Waals surface area contributed by atoms with Gasteiger partial charge in [-0.05, 0) is 95.7 Å². The lowest BCUT2D eigenvalue weighted by Crippen LogP contribution is -2.58. The van der Waals surface area contributed by atoms with Crippen LogP contribution in [0, 0.1) is 12.8 Å². The first-order chi connectivity index (χ1) is 42.8. The number of amides is 1. The Morgan fingerprint density at radius 2 is 1.29 bits per heavy atom. The molecule has 1 amide bonds. The van der Waals surface area contributed by atoms with E-state index in [0.29, 0.717) is 10.9 Å². The number of aromatic amines is 1. The predicted molar refractivity (Wildman–Crippen MR) is 307 cm³/mol. The summed E-state index contributed by atoms with van der Waals surface area (Å²) in [6, 6.07) is 4.49. The first-order valence-electron chi connectivity index (χ1n) is 30.4. The van der Waals surface area contributed by atoms with E-state index in [1.54, 1.807) is 27.7 Å². The molecule has 5 fully saturated rings. The number of fused-ring (bicyclic) bond motifs is 3. The van der Waals surface area contributed by atoms with Gasteiger partial charge in [0.25, 0.3) is 0 Å². The number of aromatic nitrogens is 1. The molecule has 4 aromatic rings. The Hall–Kier alpha value is -5.42. The number of phenols is 2. The fraction of sp³-hybridized carbons (Fsp3) is 0.661. The van der Waals surface area contributed by atoms with Crippen LogP contribution in [0.2, 0.25) is 0 Å². The van der Waals surface area contributed by atoms with E-state index in [4.69, 9.17) is 56.8 Å². The van der Waals surface area contributed by atoms with E-state index in [1.165, 1.54) is 52.3 Å². The summed E-state index contributed by atoms with van der Waals surface area (Å²) in [5.41, 5.74) is -2.16. The van der Waals surface area contributed by atoms with Crippen LogP contribution in [0.15, 0.2) is 36.5 Å². The van der Waals surface area contributed by atoms with Gasteiger partial charge in [-0.15, -0.1) is 0 Å². The van der Waals surface area contributed by atoms with E-state index in [-0.39, 0.29) is 83.7 Å². The lowest BCUT2D eigenvalue weighted by atomic mass is 9.76. The highest BCUT2D eigenvalue weighted by Gasteiger charge is 2.51. The smallest absolute Gasteiger partial charge is 0.416 e. The summed E-state index contributed by atoms with van der Waals surface area (Å²) in [4.78, 5) is 46.7. The summed E-state index contributed by atoms with van der Waals surface area (Å²) in [7, 11) is 2.24. The fourth-order valence-corrected chi connectivity index (χ4v) is 13.3. The van der Waals surface area contributed by atoms with Gasteiger partial charge in [-0.3, -0.25) is 9.59 Å². The second-order valence-electron chi connectivity index (χ2n) is 25.0. The van der Waals surface area contributed by atoms with E-state index in [0.717, 1.165) is 19.2 Å². The van der Waals surface area contributed by atoms with Crippen molar-refractivity contribution in [2.45, 2.75) is 240 Å². The van der Waals surface area contributed by atoms with E-state index >= 15 is 4.79 Å². The third-order valence-corrected chi connectivity index (χ3v) is 18.4. The molecule has 6 heterocycles. The molecule has 0 spiro atoms. The van der Waals surface area contributed by atoms with Crippen molar-refractivity contribution in [3.63, 3.8) is 0 Å². The van der Waals surface area contributed by atoms with Crippen LogP contribution < -0.4 is 10.1 Å². The van der Waals surface area contributed by atoms with Gasteiger partial charge in [-0.1, -0.05) is 6.07 Å². The Morgan fingerprint density at radius 3 is 1.86 bits per heavy atom. The van der Waals surface area contributed by atoms with Crippen molar-refractivity contribution < 1.29 is 130 Å². The number of ether oxygens (including phenoxy) is 12. The number of Topliss-reactive ketones (excluding diaryl/α,β-unsaturated/α-hetero) is 1. The summed E-state index contributed by atoms with van der Waals surface area (Å²) >= 11 is 0. The Kier molecular flexibility index (Phi) is 20.4. The zero-order valence-corrected chi connectivity index (χ0v) is 51.5. The average molecular weight is 1300 g/mol. The average Bonchev–Trinajstić information content (AvgIpc) is 1.18. The van der Waals surface area contributed by atoms with E-state index in [2.05, 4.69) is 10.3 Å². The Balaban J connectivity index is 0.943. The van der Waals surface area contributed by atoms with Crippen molar-refractivity contribution in [2.24, 2.45) is 5.92 Å². The molecule has 5 saturated heterocycles. The molecule has 11 N–H and O–H groups in total. The third kappa shape index (κ3) is 14.2. The van der Waals surface area contributed by atoms with Gasteiger partial charge in [-0.2, -0.15) is 13.2 Å². The maximum absolute atomic E-state index is 15.5. The summed E-state index contributed by atoms with van der Waals surface area (Å²) in [6.45, 7) is 10.7. The third-order valence-electron chi connectivity index (χ3n) is 18.4. The molecule has 24 atom stereocenters. The van der Waals surface area contributed by atoms with Crippen LogP contribution in [-0.4, -0.2) is 224 Å². The number of carbonyl (C=O) groups is 3.